The van der Waals surface area contributed by atoms with Gasteiger partial charge in [0.05, 0.1) is 17.7 Å². The molecule has 0 aliphatic rings. The fraction of sp³-hybridized carbons (Fsp3) is 0.344. The summed E-state index contributed by atoms with van der Waals surface area (Å²) in [7, 11) is 0. The highest BCUT2D eigenvalue weighted by Gasteiger charge is 2.16. The summed E-state index contributed by atoms with van der Waals surface area (Å²) >= 11 is 0. The summed E-state index contributed by atoms with van der Waals surface area (Å²) in [6.45, 7) is 8.75. The van der Waals surface area contributed by atoms with Gasteiger partial charge >= 0.3 is 17.9 Å². The largest absolute Gasteiger partial charge is 0.462 e. The van der Waals surface area contributed by atoms with Crippen molar-refractivity contribution in [2.75, 3.05) is 13.2 Å². The van der Waals surface area contributed by atoms with E-state index in [1.54, 1.807) is 55.5 Å². The lowest BCUT2D eigenvalue weighted by Gasteiger charge is -2.12. The van der Waals surface area contributed by atoms with E-state index >= 15 is 0 Å². The van der Waals surface area contributed by atoms with Crippen molar-refractivity contribution in [1.82, 2.24) is 0 Å². The Labute approximate surface area is 230 Å². The average Bonchev–Trinajstić information content (AvgIpc) is 2.96. The number of hydrogen-bond donors (Lipinski definition) is 0. The predicted octanol–water partition coefficient (Wildman–Crippen LogP) is 6.89. The molecule has 0 radical (unpaired) electrons. The van der Waals surface area contributed by atoms with Crippen LogP contribution in [0.5, 0.6) is 11.5 Å². The molecule has 0 aromatic heterocycles. The lowest BCUT2D eigenvalue weighted by Crippen LogP contribution is -2.26. The van der Waals surface area contributed by atoms with Crippen molar-refractivity contribution >= 4 is 17.9 Å². The van der Waals surface area contributed by atoms with Crippen LogP contribution < -0.4 is 9.47 Å². The Morgan fingerprint density at radius 2 is 1.18 bits per heavy atom. The number of carbonyl (C=O) groups excluding carboxylic acids is 3. The lowest BCUT2D eigenvalue weighted by atomic mass is 10.0. The van der Waals surface area contributed by atoms with Crippen molar-refractivity contribution in [1.29, 1.82) is 0 Å². The molecule has 39 heavy (non-hydrogen) atoms. The Kier molecular flexibility index (Phi) is 11.3. The average molecular weight is 533 g/mol. The van der Waals surface area contributed by atoms with Crippen molar-refractivity contribution in [3.05, 3.63) is 83.9 Å². The van der Waals surface area contributed by atoms with Gasteiger partial charge < -0.3 is 18.9 Å². The molecular formula is C32H36O7. The molecule has 7 nitrogen and oxygen atoms in total. The molecule has 0 aliphatic heterocycles. The van der Waals surface area contributed by atoms with Crippen LogP contribution >= 0.6 is 0 Å². The first-order valence-corrected chi connectivity index (χ1v) is 13.3. The van der Waals surface area contributed by atoms with Gasteiger partial charge in [0, 0.05) is 6.61 Å². The van der Waals surface area contributed by atoms with Gasteiger partial charge in [-0.3, -0.25) is 0 Å². The van der Waals surface area contributed by atoms with Crippen LogP contribution in [0.15, 0.2) is 72.8 Å². The molecule has 0 amide bonds. The van der Waals surface area contributed by atoms with Crippen LogP contribution in [0.4, 0.5) is 0 Å². The van der Waals surface area contributed by atoms with Crippen LogP contribution in [0.3, 0.4) is 0 Å². The zero-order chi connectivity index (χ0) is 28.2. The number of benzene rings is 3. The number of carbonyl (C=O) groups is 3. The van der Waals surface area contributed by atoms with E-state index in [9.17, 15) is 14.4 Å². The van der Waals surface area contributed by atoms with Gasteiger partial charge in [-0.25, -0.2) is 14.4 Å². The van der Waals surface area contributed by atoms with E-state index in [2.05, 4.69) is 13.8 Å². The third-order valence-electron chi connectivity index (χ3n) is 6.27. The Balaban J connectivity index is 1.53. The molecular weight excluding hydrogens is 496 g/mol. The minimum Gasteiger partial charge on any atom is -0.462 e. The van der Waals surface area contributed by atoms with E-state index in [0.717, 1.165) is 30.4 Å². The van der Waals surface area contributed by atoms with Gasteiger partial charge in [0.2, 0.25) is 0 Å². The number of rotatable bonds is 13. The first kappa shape index (κ1) is 29.6. The second-order valence-electron chi connectivity index (χ2n) is 9.39. The summed E-state index contributed by atoms with van der Waals surface area (Å²) in [4.78, 5) is 36.9. The summed E-state index contributed by atoms with van der Waals surface area (Å²) in [5.74, 6) is -0.0713. The SMILES string of the molecule is CCCO[C@@H](C)C(=O)Oc1ccc(-c2ccc(C(=O)Oc3ccc(C(=O)OCC[C@@H](C)CC)cc3)cc2)cc1. The lowest BCUT2D eigenvalue weighted by molar-refractivity contribution is -0.146. The maximum absolute atomic E-state index is 12.6. The third-order valence-corrected chi connectivity index (χ3v) is 6.27. The van der Waals surface area contributed by atoms with E-state index in [0.29, 0.717) is 41.8 Å². The molecule has 0 unspecified atom stereocenters. The Morgan fingerprint density at radius 3 is 1.77 bits per heavy atom. The summed E-state index contributed by atoms with van der Waals surface area (Å²) in [6.07, 6.45) is 2.07. The molecule has 0 N–H and O–H groups in total. The highest BCUT2D eigenvalue weighted by molar-refractivity contribution is 5.92. The highest BCUT2D eigenvalue weighted by Crippen LogP contribution is 2.24. The predicted molar refractivity (Wildman–Crippen MR) is 149 cm³/mol. The number of esters is 3. The minimum absolute atomic E-state index is 0.333. The zero-order valence-electron chi connectivity index (χ0n) is 23.0. The standard InChI is InChI=1S/C32H36O7/c1-5-20-36-23(4)30(33)38-28-15-11-25(12-16-28)24-7-9-27(10-8-24)32(35)39-29-17-13-26(14-18-29)31(34)37-21-19-22(3)6-2/h7-18,22-23H,5-6,19-21H2,1-4H3/t22-,23-/m0/s1. The first-order chi connectivity index (χ1) is 18.8. The van der Waals surface area contributed by atoms with Crippen LogP contribution in [0, 0.1) is 5.92 Å². The smallest absolute Gasteiger partial charge is 0.343 e. The van der Waals surface area contributed by atoms with Crippen molar-refractivity contribution in [3.63, 3.8) is 0 Å². The third kappa shape index (κ3) is 9.07. The van der Waals surface area contributed by atoms with Gasteiger partial charge in [-0.05, 0) is 85.3 Å². The van der Waals surface area contributed by atoms with Crippen molar-refractivity contribution in [2.24, 2.45) is 5.92 Å². The Morgan fingerprint density at radius 1 is 0.667 bits per heavy atom. The molecule has 0 spiro atoms. The summed E-state index contributed by atoms with van der Waals surface area (Å²) in [6, 6.07) is 20.4. The molecule has 0 fully saturated rings. The highest BCUT2D eigenvalue weighted by atomic mass is 16.6. The van der Waals surface area contributed by atoms with Crippen molar-refractivity contribution < 1.29 is 33.3 Å². The van der Waals surface area contributed by atoms with Crippen LogP contribution in [0.1, 0.15) is 67.7 Å². The fourth-order valence-corrected chi connectivity index (χ4v) is 3.54. The van der Waals surface area contributed by atoms with Crippen LogP contribution in [0.2, 0.25) is 0 Å². The first-order valence-electron chi connectivity index (χ1n) is 13.3. The van der Waals surface area contributed by atoms with Crippen LogP contribution in [-0.4, -0.2) is 37.2 Å². The van der Waals surface area contributed by atoms with E-state index in [1.165, 1.54) is 0 Å². The van der Waals surface area contributed by atoms with E-state index < -0.39 is 24.0 Å². The molecule has 3 aromatic rings. The minimum atomic E-state index is -0.629. The number of ether oxygens (including phenoxy) is 4. The summed E-state index contributed by atoms with van der Waals surface area (Å²) < 4.78 is 21.5. The van der Waals surface area contributed by atoms with Gasteiger partial charge in [-0.1, -0.05) is 51.5 Å². The maximum atomic E-state index is 12.6. The Hall–Kier alpha value is -3.97. The maximum Gasteiger partial charge on any atom is 0.343 e. The van der Waals surface area contributed by atoms with Gasteiger partial charge in [-0.15, -0.1) is 0 Å². The molecule has 206 valence electrons. The molecule has 3 rings (SSSR count). The van der Waals surface area contributed by atoms with Crippen molar-refractivity contribution in [2.45, 2.75) is 53.1 Å². The quantitative estimate of drug-likeness (QED) is 0.175. The van der Waals surface area contributed by atoms with E-state index in [4.69, 9.17) is 18.9 Å². The summed E-state index contributed by atoms with van der Waals surface area (Å²) in [5, 5.41) is 0. The monoisotopic (exact) mass is 532 g/mol. The van der Waals surface area contributed by atoms with Crippen LogP contribution in [-0.2, 0) is 14.3 Å². The van der Waals surface area contributed by atoms with E-state index in [1.807, 2.05) is 31.2 Å². The number of hydrogen-bond acceptors (Lipinski definition) is 7. The molecule has 0 saturated heterocycles. The van der Waals surface area contributed by atoms with Crippen LogP contribution in [0.25, 0.3) is 11.1 Å². The normalized spacial score (nSPS) is 12.3. The van der Waals surface area contributed by atoms with Gasteiger partial charge in [-0.2, -0.15) is 0 Å². The van der Waals surface area contributed by atoms with Gasteiger partial charge in [0.1, 0.15) is 11.5 Å². The second kappa shape index (κ2) is 14.8. The molecule has 0 heterocycles. The topological polar surface area (TPSA) is 88.1 Å². The molecule has 2 atom stereocenters. The van der Waals surface area contributed by atoms with Crippen molar-refractivity contribution in [3.8, 4) is 22.6 Å². The second-order valence-corrected chi connectivity index (χ2v) is 9.39. The molecule has 0 aliphatic carbocycles. The summed E-state index contributed by atoms with van der Waals surface area (Å²) in [5.41, 5.74) is 2.58. The zero-order valence-corrected chi connectivity index (χ0v) is 23.0. The van der Waals surface area contributed by atoms with Gasteiger partial charge in [0.15, 0.2) is 6.10 Å². The Bertz CT molecular complexity index is 1210. The molecule has 0 bridgehead atoms. The molecule has 3 aromatic carbocycles. The van der Waals surface area contributed by atoms with Gasteiger partial charge in [0.25, 0.3) is 0 Å². The molecule has 7 heteroatoms. The van der Waals surface area contributed by atoms with E-state index in [-0.39, 0.29) is 0 Å². The molecule has 0 saturated carbocycles. The fourth-order valence-electron chi connectivity index (χ4n) is 3.54.